The van der Waals surface area contributed by atoms with Crippen molar-refractivity contribution in [1.29, 1.82) is 0 Å². The average molecular weight is 366 g/mol. The van der Waals surface area contributed by atoms with E-state index in [1.54, 1.807) is 23.1 Å². The molecule has 0 unspecified atom stereocenters. The van der Waals surface area contributed by atoms with Crippen molar-refractivity contribution in [3.63, 3.8) is 0 Å². The molecule has 1 aromatic heterocycles. The molecule has 0 saturated heterocycles. The van der Waals surface area contributed by atoms with Crippen LogP contribution < -0.4 is 5.01 Å². The molecule has 0 bridgehead atoms. The van der Waals surface area contributed by atoms with Crippen LogP contribution in [0.5, 0.6) is 0 Å². The van der Waals surface area contributed by atoms with E-state index in [9.17, 15) is 0 Å². The highest BCUT2D eigenvalue weighted by Gasteiger charge is 2.29. The molecule has 3 nitrogen and oxygen atoms in total. The number of rotatable bonds is 4. The summed E-state index contributed by atoms with van der Waals surface area (Å²) in [6.07, 6.45) is 3.05. The summed E-state index contributed by atoms with van der Waals surface area (Å²) in [5.41, 5.74) is 4.59. The minimum atomic E-state index is 0.227. The second kappa shape index (κ2) is 7.02. The van der Waals surface area contributed by atoms with Gasteiger partial charge in [-0.15, -0.1) is 23.1 Å². The van der Waals surface area contributed by atoms with Crippen LogP contribution in [0.1, 0.15) is 24.9 Å². The second-order valence-corrected chi connectivity index (χ2v) is 7.77. The standard InChI is InChI=1S/C20H19N3S2/c1-14-12-19(16-8-10-17(24-2)11-9-16)23(22-14)20-21-18(13-25-20)15-6-4-3-5-7-15/h3-11,13,19H,12H2,1-2H3/t19-/m1/s1. The summed E-state index contributed by atoms with van der Waals surface area (Å²) in [7, 11) is 0. The van der Waals surface area contributed by atoms with Crippen molar-refractivity contribution >= 4 is 33.9 Å². The smallest absolute Gasteiger partial charge is 0.207 e. The molecular weight excluding hydrogens is 346 g/mol. The van der Waals surface area contributed by atoms with Gasteiger partial charge in [0.2, 0.25) is 5.13 Å². The zero-order chi connectivity index (χ0) is 17.2. The van der Waals surface area contributed by atoms with Crippen molar-refractivity contribution in [3.05, 3.63) is 65.5 Å². The van der Waals surface area contributed by atoms with Crippen LogP contribution in [-0.4, -0.2) is 17.0 Å². The topological polar surface area (TPSA) is 28.5 Å². The van der Waals surface area contributed by atoms with Crippen molar-refractivity contribution in [2.75, 3.05) is 11.3 Å². The first-order chi connectivity index (χ1) is 12.2. The highest BCUT2D eigenvalue weighted by Crippen LogP contribution is 2.38. The number of anilines is 1. The highest BCUT2D eigenvalue weighted by atomic mass is 32.2. The van der Waals surface area contributed by atoms with Crippen LogP contribution in [0.3, 0.4) is 0 Å². The predicted molar refractivity (Wildman–Crippen MR) is 109 cm³/mol. The Labute approximate surface area is 156 Å². The normalized spacial score (nSPS) is 17.0. The van der Waals surface area contributed by atoms with Gasteiger partial charge in [-0.25, -0.2) is 9.99 Å². The Hall–Kier alpha value is -2.11. The second-order valence-electron chi connectivity index (χ2n) is 6.05. The lowest BCUT2D eigenvalue weighted by Gasteiger charge is -2.21. The van der Waals surface area contributed by atoms with Gasteiger partial charge >= 0.3 is 0 Å². The Kier molecular flexibility index (Phi) is 4.59. The van der Waals surface area contributed by atoms with Crippen LogP contribution in [0.25, 0.3) is 11.3 Å². The molecule has 25 heavy (non-hydrogen) atoms. The lowest BCUT2D eigenvalue weighted by atomic mass is 10.0. The monoisotopic (exact) mass is 365 g/mol. The average Bonchev–Trinajstić information content (AvgIpc) is 3.29. The van der Waals surface area contributed by atoms with Gasteiger partial charge < -0.3 is 0 Å². The van der Waals surface area contributed by atoms with Gasteiger partial charge in [0.25, 0.3) is 0 Å². The molecule has 126 valence electrons. The number of hydrazone groups is 1. The van der Waals surface area contributed by atoms with Crippen LogP contribution in [0.4, 0.5) is 5.13 Å². The van der Waals surface area contributed by atoms with E-state index < -0.39 is 0 Å². The number of benzene rings is 2. The summed E-state index contributed by atoms with van der Waals surface area (Å²) in [6, 6.07) is 19.3. The minimum absolute atomic E-state index is 0.227. The largest absolute Gasteiger partial charge is 0.231 e. The molecule has 0 saturated carbocycles. The fourth-order valence-corrected chi connectivity index (χ4v) is 4.27. The van der Waals surface area contributed by atoms with Crippen LogP contribution in [0, 0.1) is 0 Å². The zero-order valence-electron chi connectivity index (χ0n) is 14.2. The fourth-order valence-electron chi connectivity index (χ4n) is 3.03. The van der Waals surface area contributed by atoms with Crippen molar-refractivity contribution in [2.24, 2.45) is 5.10 Å². The van der Waals surface area contributed by atoms with Crippen molar-refractivity contribution in [3.8, 4) is 11.3 Å². The number of hydrogen-bond donors (Lipinski definition) is 0. The van der Waals surface area contributed by atoms with Crippen LogP contribution >= 0.6 is 23.1 Å². The third-order valence-corrected chi connectivity index (χ3v) is 5.89. The maximum Gasteiger partial charge on any atom is 0.207 e. The van der Waals surface area contributed by atoms with Gasteiger partial charge in [0, 0.05) is 28.0 Å². The third kappa shape index (κ3) is 3.34. The Morgan fingerprint density at radius 2 is 1.84 bits per heavy atom. The zero-order valence-corrected chi connectivity index (χ0v) is 15.8. The first kappa shape index (κ1) is 16.4. The van der Waals surface area contributed by atoms with Crippen LogP contribution in [0.2, 0.25) is 0 Å². The Morgan fingerprint density at radius 1 is 1.08 bits per heavy atom. The lowest BCUT2D eigenvalue weighted by molar-refractivity contribution is 0.705. The highest BCUT2D eigenvalue weighted by molar-refractivity contribution is 7.98. The number of thiazole rings is 1. The summed E-state index contributed by atoms with van der Waals surface area (Å²) in [4.78, 5) is 6.12. The third-order valence-electron chi connectivity index (χ3n) is 4.32. The molecule has 4 rings (SSSR count). The summed E-state index contributed by atoms with van der Waals surface area (Å²) in [5.74, 6) is 0. The molecule has 5 heteroatoms. The van der Waals surface area contributed by atoms with E-state index >= 15 is 0 Å². The molecule has 1 aliphatic rings. The minimum Gasteiger partial charge on any atom is -0.231 e. The van der Waals surface area contributed by atoms with Crippen molar-refractivity contribution in [1.82, 2.24) is 4.98 Å². The molecule has 0 amide bonds. The SMILES string of the molecule is CSc1ccc([C@H]2CC(C)=NN2c2nc(-c3ccccc3)cs2)cc1. The summed E-state index contributed by atoms with van der Waals surface area (Å²) >= 11 is 3.42. The molecule has 1 aliphatic heterocycles. The van der Waals surface area contributed by atoms with Gasteiger partial charge in [-0.1, -0.05) is 42.5 Å². The van der Waals surface area contributed by atoms with E-state index in [0.29, 0.717) is 0 Å². The summed E-state index contributed by atoms with van der Waals surface area (Å²) < 4.78 is 0. The van der Waals surface area contributed by atoms with E-state index in [2.05, 4.69) is 60.0 Å². The molecular formula is C20H19N3S2. The molecule has 2 heterocycles. The van der Waals surface area contributed by atoms with E-state index in [0.717, 1.165) is 28.5 Å². The maximum atomic E-state index is 4.84. The summed E-state index contributed by atoms with van der Waals surface area (Å²) in [6.45, 7) is 2.09. The quantitative estimate of drug-likeness (QED) is 0.542. The van der Waals surface area contributed by atoms with Crippen LogP contribution in [0.15, 0.2) is 70.0 Å². The van der Waals surface area contributed by atoms with Gasteiger partial charge in [-0.2, -0.15) is 5.10 Å². The Bertz CT molecular complexity index is 885. The first-order valence-corrected chi connectivity index (χ1v) is 10.3. The van der Waals surface area contributed by atoms with Gasteiger partial charge in [-0.05, 0) is 30.9 Å². The predicted octanol–water partition coefficient (Wildman–Crippen LogP) is 5.86. The molecule has 0 N–H and O–H groups in total. The number of thioether (sulfide) groups is 1. The van der Waals surface area contributed by atoms with E-state index in [-0.39, 0.29) is 6.04 Å². The Morgan fingerprint density at radius 3 is 2.56 bits per heavy atom. The molecule has 0 aliphatic carbocycles. The molecule has 0 fully saturated rings. The van der Waals surface area contributed by atoms with Gasteiger partial charge in [0.15, 0.2) is 0 Å². The van der Waals surface area contributed by atoms with Gasteiger partial charge in [0.1, 0.15) is 0 Å². The van der Waals surface area contributed by atoms with E-state index in [1.165, 1.54) is 10.5 Å². The Balaban J connectivity index is 1.64. The molecule has 1 atom stereocenters. The number of aromatic nitrogens is 1. The first-order valence-electron chi connectivity index (χ1n) is 8.23. The number of nitrogens with zero attached hydrogens (tertiary/aromatic N) is 3. The molecule has 2 aromatic carbocycles. The fraction of sp³-hybridized carbons (Fsp3) is 0.200. The molecule has 3 aromatic rings. The number of hydrogen-bond acceptors (Lipinski definition) is 5. The van der Waals surface area contributed by atoms with Crippen molar-refractivity contribution < 1.29 is 0 Å². The van der Waals surface area contributed by atoms with Crippen LogP contribution in [-0.2, 0) is 0 Å². The lowest BCUT2D eigenvalue weighted by Crippen LogP contribution is -2.18. The molecule has 0 radical (unpaired) electrons. The van der Waals surface area contributed by atoms with Gasteiger partial charge in [0.05, 0.1) is 11.7 Å². The molecule has 0 spiro atoms. The maximum absolute atomic E-state index is 4.84. The van der Waals surface area contributed by atoms with E-state index in [1.807, 2.05) is 18.2 Å². The van der Waals surface area contributed by atoms with E-state index in [4.69, 9.17) is 10.1 Å². The van der Waals surface area contributed by atoms with Crippen molar-refractivity contribution in [2.45, 2.75) is 24.3 Å². The summed E-state index contributed by atoms with van der Waals surface area (Å²) in [5, 5.41) is 9.91. The van der Waals surface area contributed by atoms with Gasteiger partial charge in [-0.3, -0.25) is 0 Å².